The van der Waals surface area contributed by atoms with E-state index < -0.39 is 46.9 Å². The highest BCUT2D eigenvalue weighted by molar-refractivity contribution is 6.65. The summed E-state index contributed by atoms with van der Waals surface area (Å²) in [5.41, 5.74) is -0.561. The topological polar surface area (TPSA) is 165 Å². The van der Waals surface area contributed by atoms with Crippen molar-refractivity contribution in [3.05, 3.63) is 57.8 Å². The number of amides is 2. The number of nitrogens with one attached hydrogen (secondary N) is 4. The molecule has 2 aliphatic carbocycles. The normalized spacial score (nSPS) is 17.4. The minimum atomic E-state index is -1.11. The number of aromatic nitrogens is 3. The van der Waals surface area contributed by atoms with E-state index in [1.165, 1.54) is 13.1 Å². The lowest BCUT2D eigenvalue weighted by Crippen LogP contribution is -2.52. The number of aromatic amines is 1. The van der Waals surface area contributed by atoms with Crippen molar-refractivity contribution in [2.75, 3.05) is 5.32 Å². The van der Waals surface area contributed by atoms with Crippen molar-refractivity contribution in [1.29, 1.82) is 5.41 Å². The van der Waals surface area contributed by atoms with Crippen molar-refractivity contribution in [1.82, 2.24) is 20.1 Å². The predicted molar refractivity (Wildman–Crippen MR) is 130 cm³/mol. The van der Waals surface area contributed by atoms with Crippen molar-refractivity contribution in [3.63, 3.8) is 0 Å². The molecule has 37 heavy (non-hydrogen) atoms. The molecule has 0 aromatic carbocycles. The van der Waals surface area contributed by atoms with Gasteiger partial charge in [0.25, 0.3) is 17.4 Å². The van der Waals surface area contributed by atoms with E-state index in [9.17, 15) is 23.2 Å². The Labute approximate surface area is 210 Å². The Morgan fingerprint density at radius 3 is 2.68 bits per heavy atom. The molecule has 5 N–H and O–H groups in total. The zero-order valence-electron chi connectivity index (χ0n) is 20.2. The Kier molecular flexibility index (Phi) is 7.32. The van der Waals surface area contributed by atoms with Gasteiger partial charge in [0, 0.05) is 17.7 Å². The van der Waals surface area contributed by atoms with Gasteiger partial charge in [0.2, 0.25) is 5.91 Å². The molecule has 0 bridgehead atoms. The maximum absolute atomic E-state index is 14.7. The van der Waals surface area contributed by atoms with Gasteiger partial charge in [0.1, 0.15) is 29.0 Å². The molecule has 0 saturated heterocycles. The zero-order valence-corrected chi connectivity index (χ0v) is 20.2. The number of hydrogen-bond acceptors (Lipinski definition) is 7. The molecule has 0 spiro atoms. The second kappa shape index (κ2) is 10.4. The molecule has 0 aliphatic heterocycles. The molecule has 2 aliphatic rings. The third-order valence-electron chi connectivity index (χ3n) is 6.59. The molecule has 1 saturated carbocycles. The summed E-state index contributed by atoms with van der Waals surface area (Å²) in [7, 11) is 0. The van der Waals surface area contributed by atoms with Crippen LogP contribution in [0.4, 0.5) is 14.5 Å². The second-order valence-electron chi connectivity index (χ2n) is 9.15. The zero-order chi connectivity index (χ0) is 26.9. The van der Waals surface area contributed by atoms with Gasteiger partial charge in [-0.3, -0.25) is 24.5 Å². The fourth-order valence-electron chi connectivity index (χ4n) is 4.32. The van der Waals surface area contributed by atoms with Crippen LogP contribution in [0.5, 0.6) is 0 Å². The van der Waals surface area contributed by atoms with Gasteiger partial charge in [-0.2, -0.15) is 4.39 Å². The number of nitrogens with zero attached hydrogens (tertiary/aromatic N) is 3. The van der Waals surface area contributed by atoms with Gasteiger partial charge in [0.15, 0.2) is 0 Å². The van der Waals surface area contributed by atoms with E-state index >= 15 is 0 Å². The SMILES string of the molecule is CC/C(=N/O)C(=N)C(=O)N[C@H](C(=O)Nc1cn([C@@H](C)c2cc(F)c[nH]c2=O)nc1F)C(C1=CC1)C1CC1. The van der Waals surface area contributed by atoms with Crippen molar-refractivity contribution in [2.24, 2.45) is 17.0 Å². The summed E-state index contributed by atoms with van der Waals surface area (Å²) in [5.74, 6) is -3.47. The summed E-state index contributed by atoms with van der Waals surface area (Å²) in [5, 5.41) is 28.8. The first-order valence-corrected chi connectivity index (χ1v) is 11.9. The van der Waals surface area contributed by atoms with Gasteiger partial charge >= 0.3 is 0 Å². The monoisotopic (exact) mass is 515 g/mol. The predicted octanol–water partition coefficient (Wildman–Crippen LogP) is 2.50. The van der Waals surface area contributed by atoms with E-state index in [2.05, 4.69) is 25.9 Å². The van der Waals surface area contributed by atoms with Crippen LogP contribution in [0.15, 0.2) is 40.1 Å². The number of rotatable bonds is 11. The summed E-state index contributed by atoms with van der Waals surface area (Å²) in [6.45, 7) is 3.13. The Morgan fingerprint density at radius 2 is 2.08 bits per heavy atom. The maximum atomic E-state index is 14.7. The number of anilines is 1. The average Bonchev–Trinajstić information content (AvgIpc) is 3.81. The van der Waals surface area contributed by atoms with Crippen LogP contribution in [0.25, 0.3) is 0 Å². The highest BCUT2D eigenvalue weighted by Crippen LogP contribution is 2.47. The minimum Gasteiger partial charge on any atom is -0.411 e. The molecule has 196 valence electrons. The van der Waals surface area contributed by atoms with Crippen LogP contribution in [-0.2, 0) is 9.59 Å². The molecular weight excluding hydrogens is 488 g/mol. The fraction of sp³-hybridized carbons (Fsp3) is 0.417. The van der Waals surface area contributed by atoms with Gasteiger partial charge in [0.05, 0.1) is 12.2 Å². The summed E-state index contributed by atoms with van der Waals surface area (Å²) in [6, 6.07) is -0.945. The molecule has 1 fully saturated rings. The average molecular weight is 516 g/mol. The second-order valence-corrected chi connectivity index (χ2v) is 9.15. The largest absolute Gasteiger partial charge is 0.411 e. The summed E-state index contributed by atoms with van der Waals surface area (Å²) in [6.07, 6.45) is 6.59. The molecule has 2 aromatic rings. The molecule has 2 heterocycles. The fourth-order valence-corrected chi connectivity index (χ4v) is 4.32. The van der Waals surface area contributed by atoms with E-state index in [1.807, 2.05) is 6.08 Å². The molecule has 2 amide bonds. The highest BCUT2D eigenvalue weighted by Gasteiger charge is 2.45. The number of oxime groups is 1. The first kappa shape index (κ1) is 25.9. The third kappa shape index (κ3) is 5.65. The molecule has 4 rings (SSSR count). The first-order chi connectivity index (χ1) is 17.6. The van der Waals surface area contributed by atoms with E-state index in [0.717, 1.165) is 35.4 Å². The highest BCUT2D eigenvalue weighted by atomic mass is 19.1. The van der Waals surface area contributed by atoms with E-state index in [4.69, 9.17) is 10.6 Å². The van der Waals surface area contributed by atoms with Crippen molar-refractivity contribution >= 4 is 28.9 Å². The lowest BCUT2D eigenvalue weighted by Gasteiger charge is -2.26. The standard InChI is InChI=1S/C24H27F2N7O4/c1-3-16(32-37)19(27)23(35)30-20(18(12-4-5-12)13-6-7-13)24(36)29-17-10-33(31-21(17)26)11(2)15-8-14(25)9-28-22(15)34/h4,8-11,13,18,20,27,37H,3,5-7H2,1-2H3,(H,28,34)(H,29,36)(H,30,35)/b27-19?,32-16-/t11-,18?,20-/m0/s1. The molecule has 0 radical (unpaired) electrons. The van der Waals surface area contributed by atoms with Crippen molar-refractivity contribution < 1.29 is 23.6 Å². The van der Waals surface area contributed by atoms with Crippen molar-refractivity contribution in [3.8, 4) is 0 Å². The third-order valence-corrected chi connectivity index (χ3v) is 6.59. The smallest absolute Gasteiger partial charge is 0.271 e. The number of carbonyl (C=O) groups excluding carboxylic acids is 2. The molecule has 1 unspecified atom stereocenters. The van der Waals surface area contributed by atoms with Gasteiger partial charge in [-0.25, -0.2) is 4.39 Å². The van der Waals surface area contributed by atoms with Crippen LogP contribution in [0.3, 0.4) is 0 Å². The molecular formula is C24H27F2N7O4. The number of H-pyrrole nitrogens is 1. The van der Waals surface area contributed by atoms with Gasteiger partial charge in [-0.1, -0.05) is 23.7 Å². The van der Waals surface area contributed by atoms with Crippen LogP contribution in [0.1, 0.15) is 51.1 Å². The maximum Gasteiger partial charge on any atom is 0.271 e. The quantitative estimate of drug-likeness (QED) is 0.134. The Bertz CT molecular complexity index is 1360. The number of pyridine rings is 1. The van der Waals surface area contributed by atoms with Gasteiger partial charge in [-0.15, -0.1) is 5.10 Å². The molecule has 3 atom stereocenters. The Hall–Kier alpha value is -4.16. The first-order valence-electron chi connectivity index (χ1n) is 11.9. The molecule has 13 heteroatoms. The lowest BCUT2D eigenvalue weighted by molar-refractivity contribution is -0.124. The summed E-state index contributed by atoms with van der Waals surface area (Å²) >= 11 is 0. The van der Waals surface area contributed by atoms with Crippen LogP contribution < -0.4 is 16.2 Å². The Balaban J connectivity index is 1.57. The summed E-state index contributed by atoms with van der Waals surface area (Å²) < 4.78 is 29.5. The number of carbonyl (C=O) groups is 2. The van der Waals surface area contributed by atoms with Crippen LogP contribution in [0.2, 0.25) is 0 Å². The van der Waals surface area contributed by atoms with Crippen LogP contribution >= 0.6 is 0 Å². The lowest BCUT2D eigenvalue weighted by atomic mass is 9.90. The molecule has 11 nitrogen and oxygen atoms in total. The van der Waals surface area contributed by atoms with E-state index in [0.29, 0.717) is 6.42 Å². The summed E-state index contributed by atoms with van der Waals surface area (Å²) in [4.78, 5) is 40.5. The van der Waals surface area contributed by atoms with E-state index in [1.54, 1.807) is 6.92 Å². The van der Waals surface area contributed by atoms with Crippen LogP contribution in [-0.4, -0.2) is 49.3 Å². The van der Waals surface area contributed by atoms with Gasteiger partial charge in [-0.05, 0) is 44.6 Å². The Morgan fingerprint density at radius 1 is 1.38 bits per heavy atom. The van der Waals surface area contributed by atoms with E-state index in [-0.39, 0.29) is 35.2 Å². The van der Waals surface area contributed by atoms with Crippen molar-refractivity contribution in [2.45, 2.75) is 51.6 Å². The minimum absolute atomic E-state index is 0.00997. The number of halogens is 2. The van der Waals surface area contributed by atoms with Crippen LogP contribution in [0, 0.1) is 29.0 Å². The number of hydrogen-bond donors (Lipinski definition) is 5. The number of allylic oxidation sites excluding steroid dienone is 1. The molecule has 2 aromatic heterocycles. The van der Waals surface area contributed by atoms with Gasteiger partial charge < -0.3 is 20.8 Å².